The Balaban J connectivity index is 2.34. The molecule has 0 saturated carbocycles. The van der Waals surface area contributed by atoms with Crippen LogP contribution in [0.2, 0.25) is 0 Å². The molecule has 0 heterocycles. The fraction of sp³-hybridized carbons (Fsp3) is 0.667. The molecule has 0 unspecified atom stereocenters. The van der Waals surface area contributed by atoms with Crippen LogP contribution in [-0.4, -0.2) is 15.3 Å². The van der Waals surface area contributed by atoms with Crippen LogP contribution in [0.5, 0.6) is 5.75 Å². The number of aliphatic hydroxyl groups is 2. The minimum absolute atomic E-state index is 0.0578. The van der Waals surface area contributed by atoms with Gasteiger partial charge in [-0.2, -0.15) is 0 Å². The van der Waals surface area contributed by atoms with Crippen LogP contribution in [0.1, 0.15) is 75.0 Å². The van der Waals surface area contributed by atoms with Crippen molar-refractivity contribution in [2.75, 3.05) is 0 Å². The van der Waals surface area contributed by atoms with Gasteiger partial charge in [-0.3, -0.25) is 0 Å². The van der Waals surface area contributed by atoms with Crippen LogP contribution in [0.3, 0.4) is 0 Å². The van der Waals surface area contributed by atoms with Gasteiger partial charge in [0, 0.05) is 5.56 Å². The molecule has 21 heavy (non-hydrogen) atoms. The zero-order chi connectivity index (χ0) is 15.5. The molecule has 0 aliphatic heterocycles. The van der Waals surface area contributed by atoms with Crippen molar-refractivity contribution in [3.05, 3.63) is 28.8 Å². The molecule has 1 rings (SSSR count). The molecule has 0 radical (unpaired) electrons. The van der Waals surface area contributed by atoms with Gasteiger partial charge < -0.3 is 15.3 Å². The molecule has 3 heteroatoms. The van der Waals surface area contributed by atoms with Crippen molar-refractivity contribution >= 4 is 0 Å². The Labute approximate surface area is 128 Å². The maximum atomic E-state index is 10.1. The number of phenols is 1. The zero-order valence-corrected chi connectivity index (χ0v) is 13.3. The van der Waals surface area contributed by atoms with Gasteiger partial charge in [-0.25, -0.2) is 0 Å². The summed E-state index contributed by atoms with van der Waals surface area (Å²) in [6.45, 7) is 1.98. The Kier molecular flexibility index (Phi) is 9.11. The molecule has 0 fully saturated rings. The summed E-state index contributed by atoms with van der Waals surface area (Å²) in [7, 11) is 0. The smallest absolute Gasteiger partial charge is 0.124 e. The lowest BCUT2D eigenvalue weighted by atomic mass is 9.99. The van der Waals surface area contributed by atoms with Gasteiger partial charge in [-0.15, -0.1) is 0 Å². The number of benzene rings is 1. The normalized spacial score (nSPS) is 11.0. The molecule has 3 nitrogen and oxygen atoms in total. The molecular weight excluding hydrogens is 264 g/mol. The third-order valence-electron chi connectivity index (χ3n) is 3.98. The maximum Gasteiger partial charge on any atom is 0.124 e. The van der Waals surface area contributed by atoms with Gasteiger partial charge in [0.25, 0.3) is 0 Å². The molecule has 0 atom stereocenters. The average molecular weight is 294 g/mol. The molecule has 0 amide bonds. The number of hydrogen-bond donors (Lipinski definition) is 3. The molecular formula is C18H30O3. The van der Waals surface area contributed by atoms with E-state index in [9.17, 15) is 15.3 Å². The first-order valence-corrected chi connectivity index (χ1v) is 8.28. The number of aromatic hydroxyl groups is 1. The fourth-order valence-corrected chi connectivity index (χ4v) is 2.68. The van der Waals surface area contributed by atoms with E-state index in [1.807, 2.05) is 6.07 Å². The molecule has 120 valence electrons. The van der Waals surface area contributed by atoms with Crippen LogP contribution in [0, 0.1) is 0 Å². The molecule has 0 saturated heterocycles. The Hall–Kier alpha value is -1.06. The summed E-state index contributed by atoms with van der Waals surface area (Å²) in [5.74, 6) is 0.192. The van der Waals surface area contributed by atoms with Crippen LogP contribution in [0.15, 0.2) is 12.1 Å². The van der Waals surface area contributed by atoms with Gasteiger partial charge in [-0.1, -0.05) is 51.9 Å². The van der Waals surface area contributed by atoms with Crippen molar-refractivity contribution in [1.82, 2.24) is 0 Å². The third-order valence-corrected chi connectivity index (χ3v) is 3.98. The van der Waals surface area contributed by atoms with Crippen molar-refractivity contribution < 1.29 is 15.3 Å². The lowest BCUT2D eigenvalue weighted by Crippen LogP contribution is -1.96. The molecule has 0 bridgehead atoms. The number of unbranched alkanes of at least 4 members (excludes halogenated alkanes) is 7. The first-order valence-electron chi connectivity index (χ1n) is 8.28. The Morgan fingerprint density at radius 1 is 0.762 bits per heavy atom. The molecule has 3 N–H and O–H groups in total. The van der Waals surface area contributed by atoms with Crippen LogP contribution in [-0.2, 0) is 19.6 Å². The van der Waals surface area contributed by atoms with Gasteiger partial charge in [0.2, 0.25) is 0 Å². The molecule has 1 aromatic carbocycles. The molecule has 0 spiro atoms. The van der Waals surface area contributed by atoms with Crippen molar-refractivity contribution in [2.45, 2.75) is 77.9 Å². The van der Waals surface area contributed by atoms with Crippen molar-refractivity contribution in [3.8, 4) is 5.75 Å². The molecule has 0 aliphatic rings. The summed E-state index contributed by atoms with van der Waals surface area (Å²) < 4.78 is 0. The van der Waals surface area contributed by atoms with E-state index in [0.717, 1.165) is 24.0 Å². The summed E-state index contributed by atoms with van der Waals surface area (Å²) in [6, 6.07) is 3.50. The Morgan fingerprint density at radius 3 is 1.90 bits per heavy atom. The van der Waals surface area contributed by atoms with Crippen molar-refractivity contribution in [1.29, 1.82) is 0 Å². The summed E-state index contributed by atoms with van der Waals surface area (Å²) in [4.78, 5) is 0. The quantitative estimate of drug-likeness (QED) is 0.539. The van der Waals surface area contributed by atoms with E-state index in [2.05, 4.69) is 6.92 Å². The number of hydrogen-bond acceptors (Lipinski definition) is 3. The predicted octanol–water partition coefficient (Wildman–Crippen LogP) is 4.06. The van der Waals surface area contributed by atoms with Crippen molar-refractivity contribution in [3.63, 3.8) is 0 Å². The average Bonchev–Trinajstić information content (AvgIpc) is 2.51. The van der Waals surface area contributed by atoms with E-state index in [1.54, 1.807) is 6.07 Å². The summed E-state index contributed by atoms with van der Waals surface area (Å²) in [5.41, 5.74) is 2.11. The largest absolute Gasteiger partial charge is 0.507 e. The fourth-order valence-electron chi connectivity index (χ4n) is 2.68. The zero-order valence-electron chi connectivity index (χ0n) is 13.3. The van der Waals surface area contributed by atoms with Gasteiger partial charge in [0.15, 0.2) is 0 Å². The molecule has 0 aliphatic carbocycles. The molecule has 1 aromatic rings. The number of rotatable bonds is 11. The standard InChI is InChI=1S/C18H30O3/c1-2-3-4-5-6-7-8-9-10-16-11-15(13-19)12-17(14-20)18(16)21/h11-12,19-21H,2-10,13-14H2,1H3. The monoisotopic (exact) mass is 294 g/mol. The highest BCUT2D eigenvalue weighted by Gasteiger charge is 2.09. The van der Waals surface area contributed by atoms with Crippen molar-refractivity contribution in [2.24, 2.45) is 0 Å². The van der Waals surface area contributed by atoms with Crippen LogP contribution in [0.25, 0.3) is 0 Å². The summed E-state index contributed by atoms with van der Waals surface area (Å²) in [5, 5.41) is 28.5. The Morgan fingerprint density at radius 2 is 1.33 bits per heavy atom. The number of aryl methyl sites for hydroxylation is 1. The highest BCUT2D eigenvalue weighted by atomic mass is 16.3. The van der Waals surface area contributed by atoms with E-state index in [1.165, 1.54) is 44.9 Å². The highest BCUT2D eigenvalue weighted by molar-refractivity contribution is 5.43. The highest BCUT2D eigenvalue weighted by Crippen LogP contribution is 2.26. The summed E-state index contributed by atoms with van der Waals surface area (Å²) in [6.07, 6.45) is 10.9. The lowest BCUT2D eigenvalue weighted by Gasteiger charge is -2.11. The van der Waals surface area contributed by atoms with Gasteiger partial charge in [0.1, 0.15) is 5.75 Å². The van der Waals surface area contributed by atoms with E-state index < -0.39 is 0 Å². The topological polar surface area (TPSA) is 60.7 Å². The minimum Gasteiger partial charge on any atom is -0.507 e. The Bertz CT molecular complexity index is 402. The van der Waals surface area contributed by atoms with E-state index in [0.29, 0.717) is 5.56 Å². The second-order valence-corrected chi connectivity index (χ2v) is 5.80. The van der Waals surface area contributed by atoms with Gasteiger partial charge >= 0.3 is 0 Å². The van der Waals surface area contributed by atoms with E-state index in [-0.39, 0.29) is 19.0 Å². The second-order valence-electron chi connectivity index (χ2n) is 5.80. The van der Waals surface area contributed by atoms with Crippen LogP contribution >= 0.6 is 0 Å². The SMILES string of the molecule is CCCCCCCCCCc1cc(CO)cc(CO)c1O. The number of aliphatic hydroxyl groups excluding tert-OH is 2. The summed E-state index contributed by atoms with van der Waals surface area (Å²) >= 11 is 0. The van der Waals surface area contributed by atoms with Gasteiger partial charge in [-0.05, 0) is 36.1 Å². The van der Waals surface area contributed by atoms with Gasteiger partial charge in [0.05, 0.1) is 13.2 Å². The van der Waals surface area contributed by atoms with E-state index in [4.69, 9.17) is 0 Å². The molecule has 0 aromatic heterocycles. The van der Waals surface area contributed by atoms with E-state index >= 15 is 0 Å². The predicted molar refractivity (Wildman–Crippen MR) is 86.3 cm³/mol. The third kappa shape index (κ3) is 6.49. The first kappa shape index (κ1) is 18.0. The second kappa shape index (κ2) is 10.6. The maximum absolute atomic E-state index is 10.1. The lowest BCUT2D eigenvalue weighted by molar-refractivity contribution is 0.270. The first-order chi connectivity index (χ1) is 10.2. The minimum atomic E-state index is -0.190. The van der Waals surface area contributed by atoms with Crippen LogP contribution < -0.4 is 0 Å². The van der Waals surface area contributed by atoms with Crippen LogP contribution in [0.4, 0.5) is 0 Å².